The molecule has 1 atom stereocenters. The van der Waals surface area contributed by atoms with Crippen LogP contribution in [0, 0.1) is 11.7 Å². The van der Waals surface area contributed by atoms with Gasteiger partial charge in [0, 0.05) is 25.2 Å². The summed E-state index contributed by atoms with van der Waals surface area (Å²) in [5.41, 5.74) is 5.54. The lowest BCUT2D eigenvalue weighted by Crippen LogP contribution is -2.39. The highest BCUT2D eigenvalue weighted by Gasteiger charge is 2.24. The predicted molar refractivity (Wildman–Crippen MR) is 72.0 cm³/mol. The second-order valence-corrected chi connectivity index (χ2v) is 5.06. The molecule has 0 bridgehead atoms. The SMILES string of the molecule is NC(=O)C(=O)NC[C@H]1CCN(Cc2ccccc2F)C1. The van der Waals surface area contributed by atoms with E-state index >= 15 is 0 Å². The number of carbonyl (C=O) groups is 2. The zero-order chi connectivity index (χ0) is 14.5. The molecule has 1 aliphatic rings. The van der Waals surface area contributed by atoms with Crippen LogP contribution in [0.15, 0.2) is 24.3 Å². The normalized spacial score (nSPS) is 18.9. The highest BCUT2D eigenvalue weighted by molar-refractivity contribution is 6.34. The van der Waals surface area contributed by atoms with Crippen LogP contribution in [-0.4, -0.2) is 36.3 Å². The van der Waals surface area contributed by atoms with Crippen LogP contribution in [0.4, 0.5) is 4.39 Å². The summed E-state index contributed by atoms with van der Waals surface area (Å²) in [4.78, 5) is 23.8. The summed E-state index contributed by atoms with van der Waals surface area (Å²) in [6.07, 6.45) is 0.910. The van der Waals surface area contributed by atoms with Crippen molar-refractivity contribution in [1.82, 2.24) is 10.2 Å². The van der Waals surface area contributed by atoms with Crippen molar-refractivity contribution < 1.29 is 14.0 Å². The zero-order valence-electron chi connectivity index (χ0n) is 11.1. The highest BCUT2D eigenvalue weighted by atomic mass is 19.1. The number of carbonyl (C=O) groups excluding carboxylic acids is 2. The molecule has 1 fully saturated rings. The second-order valence-electron chi connectivity index (χ2n) is 5.06. The van der Waals surface area contributed by atoms with Gasteiger partial charge in [0.05, 0.1) is 0 Å². The highest BCUT2D eigenvalue weighted by Crippen LogP contribution is 2.19. The van der Waals surface area contributed by atoms with Gasteiger partial charge in [0.2, 0.25) is 0 Å². The van der Waals surface area contributed by atoms with Crippen molar-refractivity contribution in [3.63, 3.8) is 0 Å². The van der Waals surface area contributed by atoms with Gasteiger partial charge in [-0.3, -0.25) is 14.5 Å². The molecule has 1 aromatic rings. The van der Waals surface area contributed by atoms with E-state index in [0.717, 1.165) is 19.5 Å². The van der Waals surface area contributed by atoms with Crippen LogP contribution < -0.4 is 11.1 Å². The Morgan fingerprint density at radius 1 is 1.40 bits per heavy atom. The molecule has 1 saturated heterocycles. The Kier molecular flexibility index (Phi) is 4.68. The fourth-order valence-electron chi connectivity index (χ4n) is 2.41. The van der Waals surface area contributed by atoms with Crippen molar-refractivity contribution in [3.8, 4) is 0 Å². The minimum atomic E-state index is -0.966. The molecule has 0 aromatic heterocycles. The third-order valence-electron chi connectivity index (χ3n) is 3.50. The van der Waals surface area contributed by atoms with Gasteiger partial charge in [-0.05, 0) is 24.9 Å². The summed E-state index contributed by atoms with van der Waals surface area (Å²) in [6.45, 7) is 2.61. The maximum absolute atomic E-state index is 13.5. The van der Waals surface area contributed by atoms with Gasteiger partial charge in [0.1, 0.15) is 5.82 Å². The molecule has 1 heterocycles. The third-order valence-corrected chi connectivity index (χ3v) is 3.50. The summed E-state index contributed by atoms with van der Waals surface area (Å²) in [5, 5.41) is 2.51. The van der Waals surface area contributed by atoms with Crippen molar-refractivity contribution in [1.29, 1.82) is 0 Å². The molecule has 5 nitrogen and oxygen atoms in total. The van der Waals surface area contributed by atoms with Crippen LogP contribution in [-0.2, 0) is 16.1 Å². The molecule has 0 saturated carbocycles. The molecule has 1 aromatic carbocycles. The number of halogens is 1. The minimum Gasteiger partial charge on any atom is -0.361 e. The monoisotopic (exact) mass is 279 g/mol. The van der Waals surface area contributed by atoms with E-state index in [4.69, 9.17) is 5.73 Å². The van der Waals surface area contributed by atoms with Crippen LogP contribution in [0.3, 0.4) is 0 Å². The predicted octanol–water partition coefficient (Wildman–Crippen LogP) is 0.249. The van der Waals surface area contributed by atoms with E-state index < -0.39 is 11.8 Å². The molecular formula is C14H18FN3O2. The Morgan fingerprint density at radius 3 is 2.85 bits per heavy atom. The standard InChI is InChI=1S/C14H18FN3O2/c15-12-4-2-1-3-11(12)9-18-6-5-10(8-18)7-17-14(20)13(16)19/h1-4,10H,5-9H2,(H2,16,19)(H,17,20)/t10-/m1/s1. The lowest BCUT2D eigenvalue weighted by atomic mass is 10.1. The van der Waals surface area contributed by atoms with Crippen molar-refractivity contribution in [2.75, 3.05) is 19.6 Å². The van der Waals surface area contributed by atoms with E-state index in [2.05, 4.69) is 10.2 Å². The number of primary amides is 1. The molecule has 0 unspecified atom stereocenters. The maximum atomic E-state index is 13.5. The number of hydrogen-bond donors (Lipinski definition) is 2. The van der Waals surface area contributed by atoms with Crippen LogP contribution in [0.5, 0.6) is 0 Å². The summed E-state index contributed by atoms with van der Waals surface area (Å²) in [6, 6.07) is 6.72. The first-order chi connectivity index (χ1) is 9.56. The first kappa shape index (κ1) is 14.5. The van der Waals surface area contributed by atoms with Gasteiger partial charge in [-0.2, -0.15) is 0 Å². The fraction of sp³-hybridized carbons (Fsp3) is 0.429. The topological polar surface area (TPSA) is 75.4 Å². The van der Waals surface area contributed by atoms with Crippen molar-refractivity contribution in [3.05, 3.63) is 35.6 Å². The molecule has 0 spiro atoms. The van der Waals surface area contributed by atoms with Gasteiger partial charge in [-0.25, -0.2) is 4.39 Å². The van der Waals surface area contributed by atoms with E-state index in [1.807, 2.05) is 6.07 Å². The molecule has 0 aliphatic carbocycles. The first-order valence-electron chi connectivity index (χ1n) is 6.59. The average Bonchev–Trinajstić information content (AvgIpc) is 2.86. The zero-order valence-corrected chi connectivity index (χ0v) is 11.1. The summed E-state index contributed by atoms with van der Waals surface area (Å²) in [7, 11) is 0. The summed E-state index contributed by atoms with van der Waals surface area (Å²) < 4.78 is 13.5. The molecule has 2 amide bonds. The van der Waals surface area contributed by atoms with E-state index in [0.29, 0.717) is 18.7 Å². The smallest absolute Gasteiger partial charge is 0.309 e. The van der Waals surface area contributed by atoms with Crippen LogP contribution in [0.25, 0.3) is 0 Å². The number of likely N-dealkylation sites (tertiary alicyclic amines) is 1. The quantitative estimate of drug-likeness (QED) is 0.776. The number of nitrogens with two attached hydrogens (primary N) is 1. The van der Waals surface area contributed by atoms with E-state index in [9.17, 15) is 14.0 Å². The van der Waals surface area contributed by atoms with Gasteiger partial charge in [-0.15, -0.1) is 0 Å². The molecule has 6 heteroatoms. The molecule has 20 heavy (non-hydrogen) atoms. The lowest BCUT2D eigenvalue weighted by Gasteiger charge is -2.16. The first-order valence-corrected chi connectivity index (χ1v) is 6.59. The fourth-order valence-corrected chi connectivity index (χ4v) is 2.41. The number of nitrogens with one attached hydrogen (secondary N) is 1. The van der Waals surface area contributed by atoms with Gasteiger partial charge < -0.3 is 11.1 Å². The largest absolute Gasteiger partial charge is 0.361 e. The Labute approximate surface area is 116 Å². The van der Waals surface area contributed by atoms with Gasteiger partial charge in [-0.1, -0.05) is 18.2 Å². The maximum Gasteiger partial charge on any atom is 0.309 e. The van der Waals surface area contributed by atoms with Crippen molar-refractivity contribution in [2.45, 2.75) is 13.0 Å². The number of amides is 2. The molecule has 1 aliphatic heterocycles. The van der Waals surface area contributed by atoms with Gasteiger partial charge >= 0.3 is 11.8 Å². The van der Waals surface area contributed by atoms with Crippen molar-refractivity contribution in [2.24, 2.45) is 11.7 Å². The Morgan fingerprint density at radius 2 is 2.15 bits per heavy atom. The number of benzene rings is 1. The second kappa shape index (κ2) is 6.47. The third kappa shape index (κ3) is 3.77. The minimum absolute atomic E-state index is 0.196. The molecular weight excluding hydrogens is 261 g/mol. The molecule has 3 N–H and O–H groups in total. The van der Waals surface area contributed by atoms with Gasteiger partial charge in [0.25, 0.3) is 0 Å². The Balaban J connectivity index is 1.79. The molecule has 108 valence electrons. The molecule has 0 radical (unpaired) electrons. The Bertz CT molecular complexity index is 507. The number of rotatable bonds is 4. The van der Waals surface area contributed by atoms with Gasteiger partial charge in [0.15, 0.2) is 0 Å². The summed E-state index contributed by atoms with van der Waals surface area (Å²) >= 11 is 0. The number of hydrogen-bond acceptors (Lipinski definition) is 3. The average molecular weight is 279 g/mol. The summed E-state index contributed by atoms with van der Waals surface area (Å²) in [5.74, 6) is -1.65. The number of nitrogens with zero attached hydrogens (tertiary/aromatic N) is 1. The van der Waals surface area contributed by atoms with E-state index in [-0.39, 0.29) is 11.7 Å². The molecule has 2 rings (SSSR count). The Hall–Kier alpha value is -1.95. The lowest BCUT2D eigenvalue weighted by molar-refractivity contribution is -0.137. The van der Waals surface area contributed by atoms with E-state index in [1.165, 1.54) is 6.07 Å². The van der Waals surface area contributed by atoms with Crippen LogP contribution in [0.1, 0.15) is 12.0 Å². The van der Waals surface area contributed by atoms with Crippen LogP contribution in [0.2, 0.25) is 0 Å². The van der Waals surface area contributed by atoms with Crippen molar-refractivity contribution >= 4 is 11.8 Å². The van der Waals surface area contributed by atoms with E-state index in [1.54, 1.807) is 12.1 Å². The van der Waals surface area contributed by atoms with Crippen LogP contribution >= 0.6 is 0 Å².